The van der Waals surface area contributed by atoms with Gasteiger partial charge in [0.2, 0.25) is 0 Å². The van der Waals surface area contributed by atoms with Crippen molar-refractivity contribution in [3.05, 3.63) is 20.8 Å². The fourth-order valence-electron chi connectivity index (χ4n) is 6.05. The van der Waals surface area contributed by atoms with Crippen LogP contribution in [0.5, 0.6) is 0 Å². The van der Waals surface area contributed by atoms with Crippen molar-refractivity contribution in [1.29, 1.82) is 0 Å². The largest absolute Gasteiger partial charge is 2.00 e. The van der Waals surface area contributed by atoms with E-state index in [1.165, 1.54) is 231 Å². The zero-order valence-electron chi connectivity index (χ0n) is 36.9. The molecular weight excluding hydrogens is 864 g/mol. The molecule has 0 N–H and O–H groups in total. The Balaban J connectivity index is -0.000000109. The number of rotatable bonds is 36. The van der Waals surface area contributed by atoms with E-state index < -0.39 is 5.69 Å². The molecular formula is C45H93O2PS2Zn3. The average Bonchev–Trinajstić information content (AvgIpc) is 3.08. The molecule has 0 aromatic carbocycles. The molecule has 0 amide bonds. The van der Waals surface area contributed by atoms with Crippen LogP contribution in [0.4, 0.5) is 0 Å². The number of hydrogen-bond donors (Lipinski definition) is 0. The van der Waals surface area contributed by atoms with Crippen molar-refractivity contribution in [3.63, 3.8) is 0 Å². The first kappa shape index (κ1) is 70.4. The minimum Gasteiger partial charge on any atom is -0.850 e. The molecule has 0 aliphatic heterocycles. The molecule has 308 valence electrons. The second kappa shape index (κ2) is 69.4. The summed E-state index contributed by atoms with van der Waals surface area (Å²) in [4.78, 5) is 18.6. The maximum absolute atomic E-state index is 9.29. The summed E-state index contributed by atoms with van der Waals surface area (Å²) in [6.07, 6.45) is 55.0. The zero-order valence-corrected chi connectivity index (χ0v) is 48.3. The summed E-state index contributed by atoms with van der Waals surface area (Å²) in [6.45, 7) is 18.5. The fraction of sp³-hybridized carbons (Fsp3) is 0.933. The van der Waals surface area contributed by atoms with Crippen molar-refractivity contribution in [3.8, 4) is 0 Å². The zero-order chi connectivity index (χ0) is 38.1. The van der Waals surface area contributed by atoms with Crippen molar-refractivity contribution >= 4 is 29.7 Å². The first-order valence-corrected chi connectivity index (χ1v) is 26.0. The summed E-state index contributed by atoms with van der Waals surface area (Å²) in [7, 11) is 0. The Bertz CT molecular complexity index is 480. The van der Waals surface area contributed by atoms with Crippen LogP contribution in [0.25, 0.3) is 0 Å². The van der Waals surface area contributed by atoms with Crippen molar-refractivity contribution in [1.82, 2.24) is 0 Å². The Kier molecular flexibility index (Phi) is 92.1. The summed E-state index contributed by atoms with van der Waals surface area (Å²) < 4.78 is 0. The predicted octanol–water partition coefficient (Wildman–Crippen LogP) is 16.2. The molecule has 0 aliphatic rings. The topological polar surface area (TPSA) is 46.1 Å². The van der Waals surface area contributed by atoms with Gasteiger partial charge in [-0.25, -0.2) is 0 Å². The average molecular weight is 958 g/mol. The van der Waals surface area contributed by atoms with E-state index in [1.807, 2.05) is 0 Å². The summed E-state index contributed by atoms with van der Waals surface area (Å²) in [6, 6.07) is 0. The Morgan fingerprint density at radius 2 is 0.415 bits per heavy atom. The maximum Gasteiger partial charge on any atom is 2.00 e. The molecule has 0 atom stereocenters. The molecule has 0 aromatic heterocycles. The molecule has 2 nitrogen and oxygen atoms in total. The van der Waals surface area contributed by atoms with E-state index in [4.69, 9.17) is 0 Å². The molecule has 0 rings (SSSR count). The van der Waals surface area contributed by atoms with E-state index in [9.17, 15) is 9.79 Å². The smallest absolute Gasteiger partial charge is 0.850 e. The predicted molar refractivity (Wildman–Crippen MR) is 235 cm³/mol. The first-order valence-electron chi connectivity index (χ1n) is 22.4. The Morgan fingerprint density at radius 3 is 0.509 bits per heavy atom. The number of hydrogen-bond acceptors (Lipinski definition) is 4. The van der Waals surface area contributed by atoms with Crippen LogP contribution in [0, 0.1) is 20.8 Å². The second-order valence-electron chi connectivity index (χ2n) is 14.7. The van der Waals surface area contributed by atoms with Crippen molar-refractivity contribution < 1.29 is 68.2 Å². The normalized spacial score (nSPS) is 10.3. The molecule has 0 saturated heterocycles. The van der Waals surface area contributed by atoms with Crippen LogP contribution in [0.2, 0.25) is 0 Å². The third kappa shape index (κ3) is 101. The van der Waals surface area contributed by atoms with Gasteiger partial charge < -0.3 is 48.5 Å². The van der Waals surface area contributed by atoms with Gasteiger partial charge in [-0.15, -0.1) is 0 Å². The Labute approximate surface area is 386 Å². The standard InChI is InChI=1S/3C15H31.H3O2PS2.3Zn/c3*1-3-5-7-9-11-13-15-14-12-10-8-6-4-2;1-3(2,4)5;;;/h3*1,3-15H2,2H3;(H3,1,2,4,5);;;/q3*-1;;3*+2/p-3. The monoisotopic (exact) mass is 952 g/mol. The van der Waals surface area contributed by atoms with Crippen LogP contribution in [-0.2, 0) is 82.5 Å². The molecule has 0 radical (unpaired) electrons. The quantitative estimate of drug-likeness (QED) is 0.0206. The van der Waals surface area contributed by atoms with Crippen LogP contribution in [0.15, 0.2) is 0 Å². The van der Waals surface area contributed by atoms with E-state index in [0.29, 0.717) is 0 Å². The van der Waals surface area contributed by atoms with Gasteiger partial charge in [-0.2, -0.15) is 31.1 Å². The molecule has 53 heavy (non-hydrogen) atoms. The van der Waals surface area contributed by atoms with Crippen LogP contribution < -0.4 is 9.79 Å². The van der Waals surface area contributed by atoms with Crippen LogP contribution in [-0.4, -0.2) is 0 Å². The van der Waals surface area contributed by atoms with Crippen LogP contribution >= 0.6 is 5.69 Å². The molecule has 0 aliphatic carbocycles. The first-order chi connectivity index (χ1) is 24.2. The van der Waals surface area contributed by atoms with Crippen molar-refractivity contribution in [2.45, 2.75) is 271 Å². The van der Waals surface area contributed by atoms with Gasteiger partial charge in [0.05, 0.1) is 0 Å². The van der Waals surface area contributed by atoms with Gasteiger partial charge >= 0.3 is 58.4 Å². The van der Waals surface area contributed by atoms with Gasteiger partial charge in [-0.05, 0) is 0 Å². The summed E-state index contributed by atoms with van der Waals surface area (Å²) in [5.41, 5.74) is -3.72. The molecule has 0 saturated carbocycles. The van der Waals surface area contributed by atoms with E-state index in [0.717, 1.165) is 19.3 Å². The van der Waals surface area contributed by atoms with Crippen LogP contribution in [0.1, 0.15) is 271 Å². The molecule has 0 fully saturated rings. The van der Waals surface area contributed by atoms with E-state index >= 15 is 0 Å². The third-order valence-corrected chi connectivity index (χ3v) is 9.31. The van der Waals surface area contributed by atoms with Gasteiger partial charge in [-0.3, -0.25) is 0 Å². The third-order valence-electron chi connectivity index (χ3n) is 9.31. The Morgan fingerprint density at radius 1 is 0.321 bits per heavy atom. The van der Waals surface area contributed by atoms with Crippen LogP contribution in [0.3, 0.4) is 0 Å². The maximum atomic E-state index is 9.29. The molecule has 0 unspecified atom stereocenters. The van der Waals surface area contributed by atoms with Gasteiger partial charge in [0.25, 0.3) is 0 Å². The minimum atomic E-state index is -3.72. The van der Waals surface area contributed by atoms with Gasteiger partial charge in [0.15, 0.2) is 0 Å². The van der Waals surface area contributed by atoms with Gasteiger partial charge in [0, 0.05) is 0 Å². The summed E-state index contributed by atoms with van der Waals surface area (Å²) >= 11 is 7.28. The second-order valence-corrected chi connectivity index (χ2v) is 19.1. The summed E-state index contributed by atoms with van der Waals surface area (Å²) in [5.74, 6) is 0. The molecule has 0 heterocycles. The minimum absolute atomic E-state index is 0. The van der Waals surface area contributed by atoms with Crippen molar-refractivity contribution in [2.75, 3.05) is 0 Å². The Hall–Kier alpha value is 2.79. The molecule has 8 heteroatoms. The van der Waals surface area contributed by atoms with E-state index in [-0.39, 0.29) is 58.4 Å². The fourth-order valence-corrected chi connectivity index (χ4v) is 6.05. The summed E-state index contributed by atoms with van der Waals surface area (Å²) in [5, 5.41) is 0. The van der Waals surface area contributed by atoms with Crippen molar-refractivity contribution in [2.24, 2.45) is 0 Å². The molecule has 0 spiro atoms. The van der Waals surface area contributed by atoms with Gasteiger partial charge in [0.1, 0.15) is 0 Å². The molecule has 0 bridgehead atoms. The van der Waals surface area contributed by atoms with Gasteiger partial charge in [-0.1, -0.05) is 252 Å². The molecule has 0 aromatic rings. The van der Waals surface area contributed by atoms with E-state index in [1.54, 1.807) is 0 Å². The SMILES string of the molecule is [CH2-]CCCCCCCCCCCCCC.[CH2-]CCCCCCCCCCCCCC.[CH2-]CCCCCCCCCCCCCC.[O-]P([O-])(=S)[S-].[Zn+2].[Zn+2].[Zn+2]. The van der Waals surface area contributed by atoms with E-state index in [2.05, 4.69) is 65.6 Å². The number of unbranched alkanes of at least 4 members (excludes halogenated alkanes) is 36.